The summed E-state index contributed by atoms with van der Waals surface area (Å²) in [5, 5.41) is 4.13. The molecule has 0 aromatic heterocycles. The molecule has 3 heteroatoms. The van der Waals surface area contributed by atoms with Crippen molar-refractivity contribution in [3.8, 4) is 0 Å². The molecule has 0 atom stereocenters. The molecule has 1 aromatic carbocycles. The summed E-state index contributed by atoms with van der Waals surface area (Å²) in [6, 6.07) is 6.84. The van der Waals surface area contributed by atoms with Crippen LogP contribution >= 0.6 is 11.8 Å². The van der Waals surface area contributed by atoms with Gasteiger partial charge in [-0.2, -0.15) is 11.8 Å². The Bertz CT molecular complexity index is 293. The van der Waals surface area contributed by atoms with Crippen LogP contribution < -0.4 is 5.32 Å². The molecule has 0 spiro atoms. The topological polar surface area (TPSA) is 12.0 Å². The monoisotopic (exact) mass is 225 g/mol. The van der Waals surface area contributed by atoms with Crippen LogP contribution in [0.25, 0.3) is 0 Å². The number of hydrogen-bond acceptors (Lipinski definition) is 2. The van der Waals surface area contributed by atoms with Gasteiger partial charge < -0.3 is 5.32 Å². The first-order chi connectivity index (χ1) is 7.34. The van der Waals surface area contributed by atoms with Gasteiger partial charge in [0.25, 0.3) is 0 Å². The first-order valence-electron chi connectivity index (χ1n) is 5.41. The maximum atomic E-state index is 12.7. The Labute approximate surface area is 94.5 Å². The number of benzene rings is 1. The van der Waals surface area contributed by atoms with Crippen molar-refractivity contribution in [2.75, 3.05) is 13.1 Å². The third kappa shape index (κ3) is 3.50. The minimum Gasteiger partial charge on any atom is -0.317 e. The highest BCUT2D eigenvalue weighted by atomic mass is 32.2. The van der Waals surface area contributed by atoms with E-state index in [2.05, 4.69) is 5.32 Å². The minimum atomic E-state index is -0.148. The molecule has 1 N–H and O–H groups in total. The van der Waals surface area contributed by atoms with E-state index in [1.807, 2.05) is 23.9 Å². The molecule has 1 aromatic rings. The van der Waals surface area contributed by atoms with Crippen LogP contribution in [0.4, 0.5) is 4.39 Å². The van der Waals surface area contributed by atoms with Gasteiger partial charge in [-0.05, 0) is 43.6 Å². The van der Waals surface area contributed by atoms with Crippen molar-refractivity contribution in [2.45, 2.75) is 23.8 Å². The van der Waals surface area contributed by atoms with Gasteiger partial charge in [-0.3, -0.25) is 0 Å². The van der Waals surface area contributed by atoms with Crippen molar-refractivity contribution >= 4 is 11.8 Å². The molecule has 15 heavy (non-hydrogen) atoms. The molecule has 1 nitrogen and oxygen atoms in total. The molecule has 0 bridgehead atoms. The van der Waals surface area contributed by atoms with Crippen molar-refractivity contribution in [3.05, 3.63) is 35.6 Å². The van der Waals surface area contributed by atoms with Gasteiger partial charge >= 0.3 is 0 Å². The molecule has 0 amide bonds. The van der Waals surface area contributed by atoms with E-state index in [0.29, 0.717) is 0 Å². The molecule has 1 fully saturated rings. The molecule has 1 saturated heterocycles. The normalized spacial score (nSPS) is 17.9. The van der Waals surface area contributed by atoms with Gasteiger partial charge in [-0.15, -0.1) is 0 Å². The van der Waals surface area contributed by atoms with Crippen molar-refractivity contribution < 1.29 is 4.39 Å². The summed E-state index contributed by atoms with van der Waals surface area (Å²) in [5.74, 6) is 0.857. The fourth-order valence-corrected chi connectivity index (χ4v) is 2.95. The van der Waals surface area contributed by atoms with Crippen LogP contribution in [-0.4, -0.2) is 18.3 Å². The number of piperidine rings is 1. The zero-order valence-corrected chi connectivity index (χ0v) is 9.52. The maximum Gasteiger partial charge on any atom is 0.123 e. The van der Waals surface area contributed by atoms with E-state index in [1.165, 1.54) is 30.5 Å². The van der Waals surface area contributed by atoms with E-state index in [-0.39, 0.29) is 5.82 Å². The van der Waals surface area contributed by atoms with E-state index in [1.54, 1.807) is 0 Å². The molecular formula is C12H16FNS. The molecule has 2 rings (SSSR count). The Balaban J connectivity index is 1.79. The summed E-state index contributed by atoms with van der Waals surface area (Å²) >= 11 is 1.99. The van der Waals surface area contributed by atoms with E-state index in [0.717, 1.165) is 24.1 Å². The lowest BCUT2D eigenvalue weighted by atomic mass is 10.2. The summed E-state index contributed by atoms with van der Waals surface area (Å²) in [6.45, 7) is 2.28. The second-order valence-electron chi connectivity index (χ2n) is 3.89. The van der Waals surface area contributed by atoms with Crippen LogP contribution in [0.5, 0.6) is 0 Å². The zero-order valence-electron chi connectivity index (χ0n) is 8.71. The predicted octanol–water partition coefficient (Wildman–Crippen LogP) is 2.81. The van der Waals surface area contributed by atoms with Crippen LogP contribution in [0.3, 0.4) is 0 Å². The van der Waals surface area contributed by atoms with E-state index in [9.17, 15) is 4.39 Å². The highest BCUT2D eigenvalue weighted by Crippen LogP contribution is 2.24. The third-order valence-corrected chi connectivity index (χ3v) is 4.13. The van der Waals surface area contributed by atoms with Gasteiger partial charge in [0, 0.05) is 11.0 Å². The van der Waals surface area contributed by atoms with Gasteiger partial charge in [0.15, 0.2) is 0 Å². The highest BCUT2D eigenvalue weighted by molar-refractivity contribution is 7.99. The Morgan fingerprint density at radius 2 is 1.87 bits per heavy atom. The van der Waals surface area contributed by atoms with Crippen LogP contribution in [0.15, 0.2) is 24.3 Å². The van der Waals surface area contributed by atoms with Crippen molar-refractivity contribution in [1.82, 2.24) is 5.32 Å². The van der Waals surface area contributed by atoms with Gasteiger partial charge in [-0.1, -0.05) is 12.1 Å². The van der Waals surface area contributed by atoms with Gasteiger partial charge in [-0.25, -0.2) is 4.39 Å². The lowest BCUT2D eigenvalue weighted by Gasteiger charge is -2.21. The Hall–Kier alpha value is -0.540. The first kappa shape index (κ1) is 11.0. The quantitative estimate of drug-likeness (QED) is 0.849. The maximum absolute atomic E-state index is 12.7. The van der Waals surface area contributed by atoms with Crippen molar-refractivity contribution in [2.24, 2.45) is 0 Å². The summed E-state index contributed by atoms with van der Waals surface area (Å²) < 4.78 is 12.7. The van der Waals surface area contributed by atoms with Gasteiger partial charge in [0.2, 0.25) is 0 Å². The second kappa shape index (κ2) is 5.52. The van der Waals surface area contributed by atoms with Crippen LogP contribution in [0, 0.1) is 5.82 Å². The van der Waals surface area contributed by atoms with E-state index >= 15 is 0 Å². The molecular weight excluding hydrogens is 209 g/mol. The van der Waals surface area contributed by atoms with Gasteiger partial charge in [0.05, 0.1) is 0 Å². The van der Waals surface area contributed by atoms with E-state index in [4.69, 9.17) is 0 Å². The molecule has 1 aliphatic heterocycles. The number of hydrogen-bond donors (Lipinski definition) is 1. The van der Waals surface area contributed by atoms with Gasteiger partial charge in [0.1, 0.15) is 5.82 Å². The minimum absolute atomic E-state index is 0.148. The van der Waals surface area contributed by atoms with Crippen LogP contribution in [0.1, 0.15) is 18.4 Å². The van der Waals surface area contributed by atoms with Crippen molar-refractivity contribution in [1.29, 1.82) is 0 Å². The second-order valence-corrected chi connectivity index (χ2v) is 5.18. The number of nitrogens with one attached hydrogen (secondary N) is 1. The van der Waals surface area contributed by atoms with Crippen LogP contribution in [-0.2, 0) is 5.75 Å². The molecule has 0 radical (unpaired) electrons. The summed E-state index contributed by atoms with van der Waals surface area (Å²) in [6.07, 6.45) is 2.51. The first-order valence-corrected chi connectivity index (χ1v) is 6.46. The third-order valence-electron chi connectivity index (χ3n) is 2.69. The number of thioether (sulfide) groups is 1. The molecule has 0 unspecified atom stereocenters. The lowest BCUT2D eigenvalue weighted by molar-refractivity contribution is 0.531. The Morgan fingerprint density at radius 3 is 2.53 bits per heavy atom. The fourth-order valence-electron chi connectivity index (χ4n) is 1.76. The molecule has 82 valence electrons. The lowest BCUT2D eigenvalue weighted by Crippen LogP contribution is -2.29. The average molecular weight is 225 g/mol. The number of rotatable bonds is 3. The van der Waals surface area contributed by atoms with Crippen molar-refractivity contribution in [3.63, 3.8) is 0 Å². The van der Waals surface area contributed by atoms with Crippen LogP contribution in [0.2, 0.25) is 0 Å². The molecule has 1 aliphatic rings. The highest BCUT2D eigenvalue weighted by Gasteiger charge is 2.12. The zero-order chi connectivity index (χ0) is 10.5. The molecule has 0 aliphatic carbocycles. The molecule has 0 saturated carbocycles. The average Bonchev–Trinajstić information content (AvgIpc) is 2.30. The smallest absolute Gasteiger partial charge is 0.123 e. The SMILES string of the molecule is Fc1ccc(CSC2CCNCC2)cc1. The fraction of sp³-hybridized carbons (Fsp3) is 0.500. The summed E-state index contributed by atoms with van der Waals surface area (Å²) in [4.78, 5) is 0. The Kier molecular flexibility index (Phi) is 4.03. The summed E-state index contributed by atoms with van der Waals surface area (Å²) in [5.41, 5.74) is 1.22. The Morgan fingerprint density at radius 1 is 1.20 bits per heavy atom. The largest absolute Gasteiger partial charge is 0.317 e. The standard InChI is InChI=1S/C12H16FNS/c13-11-3-1-10(2-4-11)9-15-12-5-7-14-8-6-12/h1-4,12,14H,5-9H2. The summed E-state index contributed by atoms with van der Waals surface area (Å²) in [7, 11) is 0. The van der Waals surface area contributed by atoms with E-state index < -0.39 is 0 Å². The number of halogens is 1. The molecule has 1 heterocycles. The predicted molar refractivity (Wildman–Crippen MR) is 63.6 cm³/mol.